The van der Waals surface area contributed by atoms with Gasteiger partial charge in [0, 0.05) is 6.61 Å². The molecule has 0 bridgehead atoms. The second kappa shape index (κ2) is 1.82. The predicted octanol–water partition coefficient (Wildman–Crippen LogP) is 2.05. The predicted molar refractivity (Wildman–Crippen MR) is 45.2 cm³/mol. The zero-order valence-corrected chi connectivity index (χ0v) is 7.72. The zero-order chi connectivity index (χ0) is 8.28. The topological polar surface area (TPSA) is 20.2 Å². The standard InChI is InChI=1S/C10H18O/c1-7-4-10(5-7)8(6-11)9(10,2)3/h7-8,11H,4-6H2,1-3H3. The van der Waals surface area contributed by atoms with E-state index in [9.17, 15) is 0 Å². The van der Waals surface area contributed by atoms with Gasteiger partial charge < -0.3 is 5.11 Å². The van der Waals surface area contributed by atoms with Gasteiger partial charge in [-0.15, -0.1) is 0 Å². The lowest BCUT2D eigenvalue weighted by Crippen LogP contribution is -2.27. The summed E-state index contributed by atoms with van der Waals surface area (Å²) in [6.45, 7) is 7.33. The van der Waals surface area contributed by atoms with Crippen LogP contribution in [0.3, 0.4) is 0 Å². The summed E-state index contributed by atoms with van der Waals surface area (Å²) in [4.78, 5) is 0. The highest BCUT2D eigenvalue weighted by atomic mass is 16.3. The lowest BCUT2D eigenvalue weighted by atomic mass is 9.68. The minimum atomic E-state index is 0.402. The Morgan fingerprint density at radius 1 is 1.36 bits per heavy atom. The van der Waals surface area contributed by atoms with E-state index in [-0.39, 0.29) is 0 Å². The Hall–Kier alpha value is -0.0400. The van der Waals surface area contributed by atoms with Crippen molar-refractivity contribution in [3.05, 3.63) is 0 Å². The van der Waals surface area contributed by atoms with Gasteiger partial charge in [0.15, 0.2) is 0 Å². The molecule has 0 aromatic rings. The highest BCUT2D eigenvalue weighted by Gasteiger charge is 2.73. The first-order valence-corrected chi connectivity index (χ1v) is 4.65. The summed E-state index contributed by atoms with van der Waals surface area (Å²) >= 11 is 0. The fraction of sp³-hybridized carbons (Fsp3) is 1.00. The van der Waals surface area contributed by atoms with E-state index in [0.29, 0.717) is 23.4 Å². The molecule has 0 amide bonds. The molecule has 2 rings (SSSR count). The van der Waals surface area contributed by atoms with Gasteiger partial charge in [-0.25, -0.2) is 0 Å². The fourth-order valence-corrected chi connectivity index (χ4v) is 3.46. The molecule has 0 saturated heterocycles. The Kier molecular flexibility index (Phi) is 1.26. The minimum Gasteiger partial charge on any atom is -0.396 e. The normalized spacial score (nSPS) is 52.4. The van der Waals surface area contributed by atoms with Crippen LogP contribution in [0.2, 0.25) is 0 Å². The molecule has 1 spiro atoms. The lowest BCUT2D eigenvalue weighted by Gasteiger charge is -2.37. The molecule has 64 valence electrons. The molecule has 1 atom stereocenters. The van der Waals surface area contributed by atoms with E-state index >= 15 is 0 Å². The van der Waals surface area contributed by atoms with Crippen LogP contribution in [0.25, 0.3) is 0 Å². The molecule has 0 aliphatic heterocycles. The molecular formula is C10H18O. The van der Waals surface area contributed by atoms with Crippen LogP contribution in [0, 0.1) is 22.7 Å². The molecule has 0 radical (unpaired) electrons. The van der Waals surface area contributed by atoms with Crippen molar-refractivity contribution < 1.29 is 5.11 Å². The first-order chi connectivity index (χ1) is 5.04. The fourth-order valence-electron chi connectivity index (χ4n) is 3.46. The first kappa shape index (κ1) is 7.60. The maximum absolute atomic E-state index is 9.13. The van der Waals surface area contributed by atoms with Crippen molar-refractivity contribution in [3.63, 3.8) is 0 Å². The van der Waals surface area contributed by atoms with E-state index < -0.39 is 0 Å². The molecule has 2 fully saturated rings. The summed E-state index contributed by atoms with van der Waals surface area (Å²) in [5.41, 5.74) is 0.995. The first-order valence-electron chi connectivity index (χ1n) is 4.65. The average Bonchev–Trinajstić information content (AvgIpc) is 2.28. The summed E-state index contributed by atoms with van der Waals surface area (Å²) in [5, 5.41) is 9.13. The molecule has 1 nitrogen and oxygen atoms in total. The molecule has 1 N–H and O–H groups in total. The van der Waals surface area contributed by atoms with Gasteiger partial charge in [-0.3, -0.25) is 0 Å². The maximum Gasteiger partial charge on any atom is 0.0470 e. The van der Waals surface area contributed by atoms with Crippen molar-refractivity contribution in [3.8, 4) is 0 Å². The minimum absolute atomic E-state index is 0.402. The molecule has 11 heavy (non-hydrogen) atoms. The molecule has 0 heterocycles. The van der Waals surface area contributed by atoms with Crippen LogP contribution < -0.4 is 0 Å². The van der Waals surface area contributed by atoms with Crippen LogP contribution in [0.1, 0.15) is 33.6 Å². The van der Waals surface area contributed by atoms with Gasteiger partial charge in [-0.2, -0.15) is 0 Å². The van der Waals surface area contributed by atoms with E-state index in [0.717, 1.165) is 5.92 Å². The Labute approximate surface area is 68.8 Å². The zero-order valence-electron chi connectivity index (χ0n) is 7.72. The van der Waals surface area contributed by atoms with Crippen LogP contribution in [0.5, 0.6) is 0 Å². The summed E-state index contributed by atoms with van der Waals surface area (Å²) < 4.78 is 0. The third-order valence-corrected chi connectivity index (χ3v) is 4.35. The Balaban J connectivity index is 2.09. The number of aliphatic hydroxyl groups excluding tert-OH is 1. The van der Waals surface area contributed by atoms with E-state index in [1.54, 1.807) is 0 Å². The Morgan fingerprint density at radius 2 is 1.91 bits per heavy atom. The van der Waals surface area contributed by atoms with Gasteiger partial charge in [0.1, 0.15) is 0 Å². The third-order valence-electron chi connectivity index (χ3n) is 4.35. The van der Waals surface area contributed by atoms with Crippen LogP contribution >= 0.6 is 0 Å². The van der Waals surface area contributed by atoms with Gasteiger partial charge >= 0.3 is 0 Å². The van der Waals surface area contributed by atoms with Crippen molar-refractivity contribution in [1.82, 2.24) is 0 Å². The molecule has 1 heteroatoms. The Morgan fingerprint density at radius 3 is 2.18 bits per heavy atom. The van der Waals surface area contributed by atoms with Crippen molar-refractivity contribution in [2.45, 2.75) is 33.6 Å². The quantitative estimate of drug-likeness (QED) is 0.613. The van der Waals surface area contributed by atoms with Crippen LogP contribution in [-0.4, -0.2) is 11.7 Å². The molecular weight excluding hydrogens is 136 g/mol. The van der Waals surface area contributed by atoms with Gasteiger partial charge in [0.05, 0.1) is 0 Å². The highest BCUT2D eigenvalue weighted by molar-refractivity contribution is 5.21. The number of rotatable bonds is 1. The van der Waals surface area contributed by atoms with Crippen molar-refractivity contribution in [2.24, 2.45) is 22.7 Å². The molecule has 0 aromatic carbocycles. The second-order valence-corrected chi connectivity index (χ2v) is 5.13. The summed E-state index contributed by atoms with van der Waals surface area (Å²) in [5.74, 6) is 1.51. The van der Waals surface area contributed by atoms with Crippen LogP contribution in [0.15, 0.2) is 0 Å². The SMILES string of the molecule is CC1CC2(C1)C(CO)C2(C)C. The molecule has 2 aliphatic carbocycles. The summed E-state index contributed by atoms with van der Waals surface area (Å²) in [6, 6.07) is 0. The van der Waals surface area contributed by atoms with Gasteiger partial charge in [0.25, 0.3) is 0 Å². The smallest absolute Gasteiger partial charge is 0.0470 e. The van der Waals surface area contributed by atoms with E-state index in [2.05, 4.69) is 20.8 Å². The highest BCUT2D eigenvalue weighted by Crippen LogP contribution is 2.78. The molecule has 1 unspecified atom stereocenters. The van der Waals surface area contributed by atoms with Gasteiger partial charge in [-0.05, 0) is 35.5 Å². The summed E-state index contributed by atoms with van der Waals surface area (Å²) in [6.07, 6.45) is 2.70. The number of hydrogen-bond donors (Lipinski definition) is 1. The maximum atomic E-state index is 9.13. The Bertz CT molecular complexity index is 177. The number of hydrogen-bond acceptors (Lipinski definition) is 1. The van der Waals surface area contributed by atoms with Crippen molar-refractivity contribution in [2.75, 3.05) is 6.61 Å². The van der Waals surface area contributed by atoms with Crippen LogP contribution in [0.4, 0.5) is 0 Å². The van der Waals surface area contributed by atoms with E-state index in [1.807, 2.05) is 0 Å². The average molecular weight is 154 g/mol. The molecule has 2 saturated carbocycles. The molecule has 0 aromatic heterocycles. The second-order valence-electron chi connectivity index (χ2n) is 5.13. The van der Waals surface area contributed by atoms with E-state index in [4.69, 9.17) is 5.11 Å². The summed E-state index contributed by atoms with van der Waals surface area (Å²) in [7, 11) is 0. The van der Waals surface area contributed by atoms with Crippen molar-refractivity contribution >= 4 is 0 Å². The van der Waals surface area contributed by atoms with Gasteiger partial charge in [-0.1, -0.05) is 20.8 Å². The third kappa shape index (κ3) is 0.658. The van der Waals surface area contributed by atoms with Crippen LogP contribution in [-0.2, 0) is 0 Å². The molecule has 2 aliphatic rings. The monoisotopic (exact) mass is 154 g/mol. The van der Waals surface area contributed by atoms with Gasteiger partial charge in [0.2, 0.25) is 0 Å². The largest absolute Gasteiger partial charge is 0.396 e. The number of aliphatic hydroxyl groups is 1. The lowest BCUT2D eigenvalue weighted by molar-refractivity contribution is 0.121. The van der Waals surface area contributed by atoms with E-state index in [1.165, 1.54) is 12.8 Å². The van der Waals surface area contributed by atoms with Crippen molar-refractivity contribution in [1.29, 1.82) is 0 Å².